The van der Waals surface area contributed by atoms with Crippen molar-refractivity contribution in [2.75, 3.05) is 31.6 Å². The Labute approximate surface area is 126 Å². The number of carbonyl (C=O) groups excluding carboxylic acids is 1. The zero-order valence-corrected chi connectivity index (χ0v) is 12.4. The van der Waals surface area contributed by atoms with Gasteiger partial charge in [0.05, 0.1) is 13.2 Å². The van der Waals surface area contributed by atoms with E-state index in [1.165, 1.54) is 6.20 Å². The minimum atomic E-state index is -0.264. The first-order chi connectivity index (χ1) is 9.70. The fourth-order valence-electron chi connectivity index (χ4n) is 1.78. The molecular weight excluding hydrogens is 322 g/mol. The average molecular weight is 336 g/mol. The van der Waals surface area contributed by atoms with Gasteiger partial charge in [0, 0.05) is 29.4 Å². The van der Waals surface area contributed by atoms with Crippen LogP contribution in [-0.4, -0.2) is 37.1 Å². The van der Waals surface area contributed by atoms with Gasteiger partial charge in [-0.2, -0.15) is 5.26 Å². The number of ether oxygens (including phenoxy) is 1. The van der Waals surface area contributed by atoms with Gasteiger partial charge in [0.2, 0.25) is 0 Å². The van der Waals surface area contributed by atoms with Crippen LogP contribution >= 0.6 is 15.9 Å². The number of hydrogen-bond donors (Lipinski definition) is 1. The zero-order chi connectivity index (χ0) is 14.4. The topological polar surface area (TPSA) is 65.4 Å². The number of rotatable bonds is 3. The third kappa shape index (κ3) is 3.83. The Bertz CT molecular complexity index is 543. The number of anilines is 1. The molecule has 1 N–H and O–H groups in total. The lowest BCUT2D eigenvalue weighted by atomic mass is 10.2. The van der Waals surface area contributed by atoms with E-state index >= 15 is 0 Å². The lowest BCUT2D eigenvalue weighted by Crippen LogP contribution is -2.41. The fraction of sp³-hybridized carbons (Fsp3) is 0.286. The third-order valence-electron chi connectivity index (χ3n) is 2.88. The van der Waals surface area contributed by atoms with Crippen LogP contribution in [0.25, 0.3) is 0 Å². The first kappa shape index (κ1) is 14.6. The summed E-state index contributed by atoms with van der Waals surface area (Å²) < 4.78 is 6.16. The summed E-state index contributed by atoms with van der Waals surface area (Å²) in [6.07, 6.45) is 1.45. The molecule has 1 aromatic carbocycles. The molecule has 0 aromatic heterocycles. The molecule has 1 amide bonds. The molecule has 2 rings (SSSR count). The van der Waals surface area contributed by atoms with Gasteiger partial charge in [-0.15, -0.1) is 0 Å². The van der Waals surface area contributed by atoms with Crippen molar-refractivity contribution in [2.24, 2.45) is 0 Å². The molecular formula is C14H14BrN3O2. The summed E-state index contributed by atoms with van der Waals surface area (Å²) in [5, 5.41) is 12.1. The highest BCUT2D eigenvalue weighted by atomic mass is 79.9. The fourth-order valence-corrected chi connectivity index (χ4v) is 2.04. The number of halogens is 1. The number of benzene rings is 1. The van der Waals surface area contributed by atoms with E-state index in [4.69, 9.17) is 10.00 Å². The molecule has 0 saturated carbocycles. The van der Waals surface area contributed by atoms with Crippen LogP contribution in [0.5, 0.6) is 0 Å². The van der Waals surface area contributed by atoms with E-state index in [-0.39, 0.29) is 11.5 Å². The highest BCUT2D eigenvalue weighted by molar-refractivity contribution is 9.10. The van der Waals surface area contributed by atoms with Crippen molar-refractivity contribution < 1.29 is 9.53 Å². The predicted octanol–water partition coefficient (Wildman–Crippen LogP) is 2.13. The molecule has 0 bridgehead atoms. The maximum Gasteiger partial charge on any atom is 0.266 e. The van der Waals surface area contributed by atoms with Crippen LogP contribution in [-0.2, 0) is 9.53 Å². The molecule has 20 heavy (non-hydrogen) atoms. The molecule has 5 nitrogen and oxygen atoms in total. The van der Waals surface area contributed by atoms with Crippen molar-refractivity contribution in [3.63, 3.8) is 0 Å². The van der Waals surface area contributed by atoms with Gasteiger partial charge in [-0.05, 0) is 24.3 Å². The molecule has 1 aromatic rings. The number of nitriles is 1. The molecule has 1 saturated heterocycles. The average Bonchev–Trinajstić information content (AvgIpc) is 2.50. The molecule has 104 valence electrons. The van der Waals surface area contributed by atoms with Crippen molar-refractivity contribution >= 4 is 27.5 Å². The van der Waals surface area contributed by atoms with Gasteiger partial charge in [0.15, 0.2) is 0 Å². The van der Waals surface area contributed by atoms with Crippen molar-refractivity contribution in [3.8, 4) is 6.07 Å². The maximum atomic E-state index is 12.1. The van der Waals surface area contributed by atoms with E-state index in [2.05, 4.69) is 21.2 Å². The van der Waals surface area contributed by atoms with Gasteiger partial charge in [0.1, 0.15) is 11.6 Å². The van der Waals surface area contributed by atoms with E-state index in [1.54, 1.807) is 4.90 Å². The van der Waals surface area contributed by atoms with Gasteiger partial charge in [-0.25, -0.2) is 0 Å². The van der Waals surface area contributed by atoms with Gasteiger partial charge in [0.25, 0.3) is 5.91 Å². The van der Waals surface area contributed by atoms with Gasteiger partial charge < -0.3 is 15.0 Å². The van der Waals surface area contributed by atoms with E-state index in [0.29, 0.717) is 26.3 Å². The summed E-state index contributed by atoms with van der Waals surface area (Å²) >= 11 is 3.35. The van der Waals surface area contributed by atoms with Gasteiger partial charge in [-0.3, -0.25) is 4.79 Å². The molecule has 1 heterocycles. The largest absolute Gasteiger partial charge is 0.378 e. The smallest absolute Gasteiger partial charge is 0.266 e. The Hall–Kier alpha value is -1.84. The first-order valence-corrected chi connectivity index (χ1v) is 6.99. The van der Waals surface area contributed by atoms with Crippen LogP contribution in [0.2, 0.25) is 0 Å². The van der Waals surface area contributed by atoms with Crippen molar-refractivity contribution in [2.45, 2.75) is 0 Å². The lowest BCUT2D eigenvalue weighted by molar-refractivity contribution is -0.130. The minimum Gasteiger partial charge on any atom is -0.378 e. The summed E-state index contributed by atoms with van der Waals surface area (Å²) in [5.74, 6) is -0.264. The van der Waals surface area contributed by atoms with E-state index < -0.39 is 0 Å². The first-order valence-electron chi connectivity index (χ1n) is 6.20. The standard InChI is InChI=1S/C14H14BrN3O2/c15-12-1-3-13(4-2-12)17-10-11(9-16)14(19)18-5-7-20-8-6-18/h1-4,10,17H,5-8H2/b11-10-. The Morgan fingerprint density at radius 1 is 1.35 bits per heavy atom. The molecule has 0 radical (unpaired) electrons. The van der Waals surface area contributed by atoms with Crippen LogP contribution in [0, 0.1) is 11.3 Å². The quantitative estimate of drug-likeness (QED) is 0.678. The third-order valence-corrected chi connectivity index (χ3v) is 3.41. The van der Waals surface area contributed by atoms with E-state index in [9.17, 15) is 4.79 Å². The second kappa shape index (κ2) is 7.08. The monoisotopic (exact) mass is 335 g/mol. The summed E-state index contributed by atoms with van der Waals surface area (Å²) in [6.45, 7) is 2.08. The molecule has 1 aliphatic heterocycles. The Morgan fingerprint density at radius 2 is 2.00 bits per heavy atom. The SMILES string of the molecule is N#C/C(=C/Nc1ccc(Br)cc1)C(=O)N1CCOCC1. The number of nitrogens with one attached hydrogen (secondary N) is 1. The normalized spacial score (nSPS) is 15.6. The molecule has 0 atom stereocenters. The van der Waals surface area contributed by atoms with Crippen molar-refractivity contribution in [3.05, 3.63) is 40.5 Å². The second-order valence-electron chi connectivity index (χ2n) is 4.23. The summed E-state index contributed by atoms with van der Waals surface area (Å²) in [7, 11) is 0. The van der Waals surface area contributed by atoms with Gasteiger partial charge >= 0.3 is 0 Å². The number of amides is 1. The number of hydrogen-bond acceptors (Lipinski definition) is 4. The molecule has 6 heteroatoms. The number of morpholine rings is 1. The highest BCUT2D eigenvalue weighted by Crippen LogP contribution is 2.14. The van der Waals surface area contributed by atoms with Crippen LogP contribution in [0.3, 0.4) is 0 Å². The van der Waals surface area contributed by atoms with E-state index in [1.807, 2.05) is 30.3 Å². The molecule has 1 aliphatic rings. The Kier molecular flexibility index (Phi) is 5.16. The van der Waals surface area contributed by atoms with Gasteiger partial charge in [-0.1, -0.05) is 15.9 Å². The zero-order valence-electron chi connectivity index (χ0n) is 10.8. The maximum absolute atomic E-state index is 12.1. The van der Waals surface area contributed by atoms with Crippen molar-refractivity contribution in [1.29, 1.82) is 5.26 Å². The molecule has 1 fully saturated rings. The predicted molar refractivity (Wildman–Crippen MR) is 78.9 cm³/mol. The van der Waals surface area contributed by atoms with Crippen LogP contribution in [0.4, 0.5) is 5.69 Å². The molecule has 0 aliphatic carbocycles. The van der Waals surface area contributed by atoms with Crippen molar-refractivity contribution in [1.82, 2.24) is 4.90 Å². The van der Waals surface area contributed by atoms with Crippen LogP contribution in [0.15, 0.2) is 40.5 Å². The van der Waals surface area contributed by atoms with E-state index in [0.717, 1.165) is 10.2 Å². The second-order valence-corrected chi connectivity index (χ2v) is 5.14. The number of carbonyl (C=O) groups is 1. The van der Waals surface area contributed by atoms with Crippen LogP contribution in [0.1, 0.15) is 0 Å². The summed E-state index contributed by atoms with van der Waals surface area (Å²) in [6, 6.07) is 9.41. The minimum absolute atomic E-state index is 0.0924. The Morgan fingerprint density at radius 3 is 2.60 bits per heavy atom. The molecule has 0 unspecified atom stereocenters. The molecule has 0 spiro atoms. The summed E-state index contributed by atoms with van der Waals surface area (Å²) in [4.78, 5) is 13.8. The Balaban J connectivity index is 2.03. The summed E-state index contributed by atoms with van der Waals surface area (Å²) in [5.41, 5.74) is 0.908. The van der Waals surface area contributed by atoms with Crippen LogP contribution < -0.4 is 5.32 Å². The lowest BCUT2D eigenvalue weighted by Gasteiger charge is -2.26. The number of nitrogens with zero attached hydrogens (tertiary/aromatic N) is 2. The highest BCUT2D eigenvalue weighted by Gasteiger charge is 2.20.